The molecule has 38 heavy (non-hydrogen) atoms. The van der Waals surface area contributed by atoms with Crippen LogP contribution in [-0.2, 0) is 18.5 Å². The lowest BCUT2D eigenvalue weighted by Crippen LogP contribution is -2.49. The van der Waals surface area contributed by atoms with E-state index in [1.165, 1.54) is 59.5 Å². The van der Waals surface area contributed by atoms with E-state index in [1.54, 1.807) is 0 Å². The zero-order valence-electron chi connectivity index (χ0n) is 22.2. The highest BCUT2D eigenvalue weighted by Crippen LogP contribution is 2.46. The van der Waals surface area contributed by atoms with Gasteiger partial charge in [0.25, 0.3) is 0 Å². The van der Waals surface area contributed by atoms with E-state index >= 15 is 0 Å². The predicted octanol–water partition coefficient (Wildman–Crippen LogP) is 7.35. The monoisotopic (exact) mass is 522 g/mol. The first-order chi connectivity index (χ1) is 18.8. The average molecular weight is 523 g/mol. The maximum Gasteiger partial charge on any atom is 0.174 e. The van der Waals surface area contributed by atoms with Crippen LogP contribution in [-0.4, -0.2) is 42.6 Å². The van der Waals surface area contributed by atoms with E-state index in [0.29, 0.717) is 0 Å². The molecule has 0 N–H and O–H groups in total. The van der Waals surface area contributed by atoms with Crippen molar-refractivity contribution in [2.45, 2.75) is 44.2 Å². The number of nitrogens with zero attached hydrogens (tertiary/aromatic N) is 2. The normalized spacial score (nSPS) is 16.7. The van der Waals surface area contributed by atoms with Crippen LogP contribution in [0.2, 0.25) is 0 Å². The fraction of sp³-hybridized carbons (Fsp3) is 0.353. The Balaban J connectivity index is 1.27. The number of hydrogen-bond acceptors (Lipinski definition) is 4. The van der Waals surface area contributed by atoms with E-state index in [2.05, 4.69) is 107 Å². The molecule has 0 amide bonds. The van der Waals surface area contributed by atoms with Crippen LogP contribution < -0.4 is 4.74 Å². The fourth-order valence-corrected chi connectivity index (χ4v) is 7.43. The molecule has 0 radical (unpaired) electrons. The lowest BCUT2D eigenvalue weighted by molar-refractivity contribution is 0.140. The topological polar surface area (TPSA) is 15.7 Å². The number of piperidine rings is 1. The van der Waals surface area contributed by atoms with Crippen molar-refractivity contribution in [3.63, 3.8) is 0 Å². The summed E-state index contributed by atoms with van der Waals surface area (Å²) in [5.74, 6) is 0. The zero-order chi connectivity index (χ0) is 25.6. The number of likely N-dealkylation sites (tertiary alicyclic amines) is 1. The molecule has 0 unspecified atom stereocenters. The van der Waals surface area contributed by atoms with Crippen LogP contribution in [0, 0.1) is 0 Å². The molecule has 196 valence electrons. The van der Waals surface area contributed by atoms with Crippen LogP contribution in [0.15, 0.2) is 97.1 Å². The molecular formula is C34H38N2OS. The Hall–Kier alpha value is -2.92. The van der Waals surface area contributed by atoms with Crippen LogP contribution in [0.25, 0.3) is 0 Å². The molecule has 0 saturated carbocycles. The Morgan fingerprint density at radius 2 is 1.29 bits per heavy atom. The minimum atomic E-state index is -0.362. The standard InChI is InChI=1S/C34H38N2OS/c1-5-14-29(15-6-1)34(30-16-7-2-8-17-30,31-18-9-3-10-19-31)36-24-20-32-28(27-36)26-33(38-32)37-25-13-23-35-21-11-4-12-22-35/h1-3,5-10,14-19,26H,4,11-13,20-25,27H2. The Morgan fingerprint density at radius 1 is 0.711 bits per heavy atom. The predicted molar refractivity (Wildman–Crippen MR) is 158 cm³/mol. The van der Waals surface area contributed by atoms with E-state index in [0.717, 1.165) is 44.1 Å². The molecule has 2 aliphatic heterocycles. The van der Waals surface area contributed by atoms with E-state index in [1.807, 2.05) is 11.3 Å². The van der Waals surface area contributed by atoms with Gasteiger partial charge in [-0.15, -0.1) is 11.3 Å². The van der Waals surface area contributed by atoms with Gasteiger partial charge in [0.15, 0.2) is 5.06 Å². The SMILES string of the molecule is c1ccc(C(c2ccccc2)(c2ccccc2)N2CCc3sc(OCCCN4CCCCC4)cc3C2)cc1. The van der Waals surface area contributed by atoms with Crippen LogP contribution in [0.1, 0.15) is 52.8 Å². The molecular weight excluding hydrogens is 484 g/mol. The maximum absolute atomic E-state index is 6.30. The molecule has 0 spiro atoms. The molecule has 1 fully saturated rings. The van der Waals surface area contributed by atoms with E-state index in [9.17, 15) is 0 Å². The largest absolute Gasteiger partial charge is 0.484 e. The first-order valence-corrected chi connectivity index (χ1v) is 15.0. The Bertz CT molecular complexity index is 1190. The van der Waals surface area contributed by atoms with Gasteiger partial charge in [0, 0.05) is 24.5 Å². The van der Waals surface area contributed by atoms with Gasteiger partial charge in [-0.1, -0.05) is 97.4 Å². The first kappa shape index (κ1) is 25.4. The third-order valence-electron chi connectivity index (χ3n) is 8.20. The second-order valence-corrected chi connectivity index (χ2v) is 11.7. The summed E-state index contributed by atoms with van der Waals surface area (Å²) < 4.78 is 6.30. The molecule has 4 aromatic rings. The van der Waals surface area contributed by atoms with Gasteiger partial charge in [-0.2, -0.15) is 0 Å². The number of fused-ring (bicyclic) bond motifs is 1. The van der Waals surface area contributed by atoms with Gasteiger partial charge in [0.1, 0.15) is 0 Å². The molecule has 3 heterocycles. The van der Waals surface area contributed by atoms with Gasteiger partial charge in [0.05, 0.1) is 12.1 Å². The Kier molecular flexibility index (Phi) is 7.91. The number of benzene rings is 3. The molecule has 0 bridgehead atoms. The van der Waals surface area contributed by atoms with E-state index < -0.39 is 0 Å². The lowest BCUT2D eigenvalue weighted by atomic mass is 9.74. The van der Waals surface area contributed by atoms with Crippen molar-refractivity contribution in [1.82, 2.24) is 9.80 Å². The quantitative estimate of drug-likeness (QED) is 0.169. The lowest BCUT2D eigenvalue weighted by Gasteiger charge is -2.47. The highest BCUT2D eigenvalue weighted by molar-refractivity contribution is 7.14. The summed E-state index contributed by atoms with van der Waals surface area (Å²) in [5.41, 5.74) is 4.99. The molecule has 3 aromatic carbocycles. The summed E-state index contributed by atoms with van der Waals surface area (Å²) in [4.78, 5) is 6.76. The van der Waals surface area contributed by atoms with Crippen molar-refractivity contribution in [3.8, 4) is 5.06 Å². The van der Waals surface area contributed by atoms with Gasteiger partial charge < -0.3 is 9.64 Å². The summed E-state index contributed by atoms with van der Waals surface area (Å²) in [6, 6.07) is 35.5. The molecule has 3 nitrogen and oxygen atoms in total. The van der Waals surface area contributed by atoms with Gasteiger partial charge in [-0.05, 0) is 67.1 Å². The van der Waals surface area contributed by atoms with Gasteiger partial charge in [-0.25, -0.2) is 0 Å². The smallest absolute Gasteiger partial charge is 0.174 e. The summed E-state index contributed by atoms with van der Waals surface area (Å²) >= 11 is 1.86. The molecule has 6 rings (SSSR count). The Labute approximate surface area is 231 Å². The maximum atomic E-state index is 6.30. The minimum Gasteiger partial charge on any atom is -0.484 e. The van der Waals surface area contributed by atoms with Crippen molar-refractivity contribution in [2.75, 3.05) is 32.8 Å². The second-order valence-electron chi connectivity index (χ2n) is 10.6. The number of ether oxygens (including phenoxy) is 1. The highest BCUT2D eigenvalue weighted by atomic mass is 32.1. The van der Waals surface area contributed by atoms with Crippen LogP contribution in [0.5, 0.6) is 5.06 Å². The third kappa shape index (κ3) is 5.18. The zero-order valence-corrected chi connectivity index (χ0v) is 23.0. The van der Waals surface area contributed by atoms with Gasteiger partial charge in [-0.3, -0.25) is 4.90 Å². The van der Waals surface area contributed by atoms with E-state index in [4.69, 9.17) is 4.74 Å². The molecule has 1 saturated heterocycles. The van der Waals surface area contributed by atoms with Gasteiger partial charge >= 0.3 is 0 Å². The number of rotatable bonds is 9. The average Bonchev–Trinajstić information content (AvgIpc) is 3.40. The number of thiophene rings is 1. The van der Waals surface area contributed by atoms with Crippen LogP contribution in [0.4, 0.5) is 0 Å². The van der Waals surface area contributed by atoms with Crippen molar-refractivity contribution >= 4 is 11.3 Å². The van der Waals surface area contributed by atoms with E-state index in [-0.39, 0.29) is 5.54 Å². The molecule has 4 heteroatoms. The van der Waals surface area contributed by atoms with Crippen molar-refractivity contribution in [2.24, 2.45) is 0 Å². The van der Waals surface area contributed by atoms with Crippen LogP contribution in [0.3, 0.4) is 0 Å². The molecule has 1 aromatic heterocycles. The van der Waals surface area contributed by atoms with Crippen molar-refractivity contribution < 1.29 is 4.74 Å². The summed E-state index contributed by atoms with van der Waals surface area (Å²) in [6.45, 7) is 6.39. The molecule has 0 atom stereocenters. The Morgan fingerprint density at radius 3 is 1.87 bits per heavy atom. The third-order valence-corrected chi connectivity index (χ3v) is 9.35. The first-order valence-electron chi connectivity index (χ1n) is 14.2. The summed E-state index contributed by atoms with van der Waals surface area (Å²) in [6.07, 6.45) is 6.25. The minimum absolute atomic E-state index is 0.362. The van der Waals surface area contributed by atoms with Gasteiger partial charge in [0.2, 0.25) is 0 Å². The van der Waals surface area contributed by atoms with Crippen LogP contribution >= 0.6 is 11.3 Å². The number of hydrogen-bond donors (Lipinski definition) is 0. The summed E-state index contributed by atoms with van der Waals surface area (Å²) in [5, 5.41) is 1.08. The van der Waals surface area contributed by atoms with Crippen molar-refractivity contribution in [3.05, 3.63) is 124 Å². The molecule has 2 aliphatic rings. The second kappa shape index (κ2) is 11.9. The fourth-order valence-electron chi connectivity index (χ4n) is 6.39. The summed E-state index contributed by atoms with van der Waals surface area (Å²) in [7, 11) is 0. The van der Waals surface area contributed by atoms with Crippen molar-refractivity contribution in [1.29, 1.82) is 0 Å². The highest BCUT2D eigenvalue weighted by Gasteiger charge is 2.43. The molecule has 0 aliphatic carbocycles.